The number of nitrogens with zero attached hydrogens (tertiary/aromatic N) is 2. The van der Waals surface area contributed by atoms with Gasteiger partial charge >= 0.3 is 0 Å². The molecule has 0 saturated carbocycles. The van der Waals surface area contributed by atoms with Gasteiger partial charge in [-0.2, -0.15) is 0 Å². The molecule has 0 unspecified atom stereocenters. The number of rotatable bonds is 2. The molecule has 2 rings (SSSR count). The van der Waals surface area contributed by atoms with Gasteiger partial charge in [-0.25, -0.2) is 0 Å². The van der Waals surface area contributed by atoms with Gasteiger partial charge in [-0.15, -0.1) is 0 Å². The van der Waals surface area contributed by atoms with E-state index in [1.165, 1.54) is 5.56 Å². The SMILES string of the molecule is c1cncc(CN2CCOCCOCCOCC2)c1. The number of aromatic nitrogens is 1. The standard InChI is InChI=1S/C14H22N2O3/c1-2-14(12-15-3-1)13-16-4-6-17-8-10-19-11-9-18-7-5-16/h1-3,12H,4-11,13H2. The zero-order chi connectivity index (χ0) is 13.2. The summed E-state index contributed by atoms with van der Waals surface area (Å²) >= 11 is 0. The van der Waals surface area contributed by atoms with E-state index in [2.05, 4.69) is 16.0 Å². The zero-order valence-electron chi connectivity index (χ0n) is 11.3. The molecule has 5 heteroatoms. The van der Waals surface area contributed by atoms with Gasteiger partial charge in [0, 0.05) is 32.0 Å². The monoisotopic (exact) mass is 266 g/mol. The van der Waals surface area contributed by atoms with Gasteiger partial charge in [0.15, 0.2) is 0 Å². The molecule has 0 aromatic carbocycles. The summed E-state index contributed by atoms with van der Waals surface area (Å²) in [7, 11) is 0. The first kappa shape index (κ1) is 14.4. The Bertz CT molecular complexity index is 323. The maximum atomic E-state index is 5.55. The molecule has 0 radical (unpaired) electrons. The summed E-state index contributed by atoms with van der Waals surface area (Å²) in [5.74, 6) is 0. The Hall–Kier alpha value is -1.01. The zero-order valence-corrected chi connectivity index (χ0v) is 11.3. The van der Waals surface area contributed by atoms with Gasteiger partial charge in [0.05, 0.1) is 39.6 Å². The molecule has 5 nitrogen and oxygen atoms in total. The van der Waals surface area contributed by atoms with E-state index in [1.54, 1.807) is 6.20 Å². The molecule has 1 aromatic heterocycles. The topological polar surface area (TPSA) is 43.8 Å². The number of ether oxygens (including phenoxy) is 3. The minimum Gasteiger partial charge on any atom is -0.378 e. The summed E-state index contributed by atoms with van der Waals surface area (Å²) in [6.45, 7) is 6.74. The molecular weight excluding hydrogens is 244 g/mol. The van der Waals surface area contributed by atoms with E-state index in [1.807, 2.05) is 12.3 Å². The summed E-state index contributed by atoms with van der Waals surface area (Å²) in [6, 6.07) is 4.06. The molecule has 0 amide bonds. The maximum Gasteiger partial charge on any atom is 0.0701 e. The molecule has 2 heterocycles. The van der Waals surface area contributed by atoms with Crippen molar-refractivity contribution in [3.05, 3.63) is 30.1 Å². The van der Waals surface area contributed by atoms with Gasteiger partial charge in [-0.3, -0.25) is 9.88 Å². The lowest BCUT2D eigenvalue weighted by Crippen LogP contribution is -2.31. The fourth-order valence-electron chi connectivity index (χ4n) is 1.95. The Morgan fingerprint density at radius 1 is 0.947 bits per heavy atom. The van der Waals surface area contributed by atoms with Crippen LogP contribution in [-0.4, -0.2) is 62.6 Å². The lowest BCUT2D eigenvalue weighted by atomic mass is 10.2. The third-order valence-electron chi connectivity index (χ3n) is 2.98. The molecule has 1 aliphatic heterocycles. The second-order valence-corrected chi connectivity index (χ2v) is 4.47. The normalized spacial score (nSPS) is 20.4. The fourth-order valence-corrected chi connectivity index (χ4v) is 1.95. The second-order valence-electron chi connectivity index (χ2n) is 4.47. The Morgan fingerprint density at radius 3 is 2.16 bits per heavy atom. The Labute approximate surface area is 114 Å². The minimum absolute atomic E-state index is 0.645. The van der Waals surface area contributed by atoms with Crippen molar-refractivity contribution in [2.24, 2.45) is 0 Å². The van der Waals surface area contributed by atoms with Gasteiger partial charge < -0.3 is 14.2 Å². The number of pyridine rings is 1. The van der Waals surface area contributed by atoms with Crippen LogP contribution >= 0.6 is 0 Å². The first-order chi connectivity index (χ1) is 9.45. The molecule has 1 aromatic rings. The van der Waals surface area contributed by atoms with Gasteiger partial charge in [0.1, 0.15) is 0 Å². The van der Waals surface area contributed by atoms with Crippen LogP contribution in [0.2, 0.25) is 0 Å². The summed E-state index contributed by atoms with van der Waals surface area (Å²) in [5.41, 5.74) is 1.22. The lowest BCUT2D eigenvalue weighted by molar-refractivity contribution is -0.00690. The molecule has 0 spiro atoms. The molecule has 0 aliphatic carbocycles. The number of hydrogen-bond acceptors (Lipinski definition) is 5. The molecule has 0 N–H and O–H groups in total. The van der Waals surface area contributed by atoms with E-state index >= 15 is 0 Å². The van der Waals surface area contributed by atoms with Crippen molar-refractivity contribution < 1.29 is 14.2 Å². The summed E-state index contributed by atoms with van der Waals surface area (Å²) < 4.78 is 16.5. The largest absolute Gasteiger partial charge is 0.378 e. The van der Waals surface area contributed by atoms with Crippen LogP contribution in [0, 0.1) is 0 Å². The lowest BCUT2D eigenvalue weighted by Gasteiger charge is -2.22. The van der Waals surface area contributed by atoms with E-state index in [0.717, 1.165) is 32.8 Å². The van der Waals surface area contributed by atoms with Crippen LogP contribution in [0.5, 0.6) is 0 Å². The van der Waals surface area contributed by atoms with Gasteiger partial charge in [0.2, 0.25) is 0 Å². The van der Waals surface area contributed by atoms with Crippen molar-refractivity contribution in [3.63, 3.8) is 0 Å². The maximum absolute atomic E-state index is 5.55. The van der Waals surface area contributed by atoms with Crippen molar-refractivity contribution in [2.75, 3.05) is 52.7 Å². The average Bonchev–Trinajstić information content (AvgIpc) is 2.43. The average molecular weight is 266 g/mol. The molecule has 0 bridgehead atoms. The third-order valence-corrected chi connectivity index (χ3v) is 2.98. The molecule has 1 saturated heterocycles. The van der Waals surface area contributed by atoms with E-state index in [9.17, 15) is 0 Å². The van der Waals surface area contributed by atoms with Gasteiger partial charge in [-0.1, -0.05) is 6.07 Å². The van der Waals surface area contributed by atoms with Crippen LogP contribution in [0.4, 0.5) is 0 Å². The Kier molecular flexibility index (Phi) is 6.81. The van der Waals surface area contributed by atoms with E-state index in [0.29, 0.717) is 26.4 Å². The van der Waals surface area contributed by atoms with Crippen molar-refractivity contribution in [3.8, 4) is 0 Å². The van der Waals surface area contributed by atoms with Crippen LogP contribution < -0.4 is 0 Å². The predicted octanol–water partition coefficient (Wildman–Crippen LogP) is 0.947. The van der Waals surface area contributed by atoms with Crippen molar-refractivity contribution in [1.29, 1.82) is 0 Å². The van der Waals surface area contributed by atoms with Crippen molar-refractivity contribution in [1.82, 2.24) is 9.88 Å². The molecule has 1 aliphatic rings. The second kappa shape index (κ2) is 8.98. The van der Waals surface area contributed by atoms with E-state index in [-0.39, 0.29) is 0 Å². The summed E-state index contributed by atoms with van der Waals surface area (Å²) in [5, 5.41) is 0. The summed E-state index contributed by atoms with van der Waals surface area (Å²) in [4.78, 5) is 6.48. The fraction of sp³-hybridized carbons (Fsp3) is 0.643. The van der Waals surface area contributed by atoms with Crippen LogP contribution in [0.3, 0.4) is 0 Å². The van der Waals surface area contributed by atoms with Crippen molar-refractivity contribution >= 4 is 0 Å². The molecule has 19 heavy (non-hydrogen) atoms. The van der Waals surface area contributed by atoms with E-state index < -0.39 is 0 Å². The third kappa shape index (κ3) is 6.11. The van der Waals surface area contributed by atoms with Crippen LogP contribution in [-0.2, 0) is 20.8 Å². The number of hydrogen-bond donors (Lipinski definition) is 0. The smallest absolute Gasteiger partial charge is 0.0701 e. The van der Waals surface area contributed by atoms with Gasteiger partial charge in [-0.05, 0) is 11.6 Å². The molecular formula is C14H22N2O3. The Balaban J connectivity index is 1.81. The quantitative estimate of drug-likeness (QED) is 0.797. The Morgan fingerprint density at radius 2 is 1.58 bits per heavy atom. The van der Waals surface area contributed by atoms with Gasteiger partial charge in [0.25, 0.3) is 0 Å². The van der Waals surface area contributed by atoms with Crippen molar-refractivity contribution in [2.45, 2.75) is 6.54 Å². The van der Waals surface area contributed by atoms with E-state index in [4.69, 9.17) is 14.2 Å². The highest BCUT2D eigenvalue weighted by molar-refractivity contribution is 5.08. The van der Waals surface area contributed by atoms with Crippen LogP contribution in [0.1, 0.15) is 5.56 Å². The first-order valence-electron chi connectivity index (χ1n) is 6.79. The highest BCUT2D eigenvalue weighted by Crippen LogP contribution is 2.03. The van der Waals surface area contributed by atoms with Crippen LogP contribution in [0.15, 0.2) is 24.5 Å². The highest BCUT2D eigenvalue weighted by Gasteiger charge is 2.07. The van der Waals surface area contributed by atoms with Crippen LogP contribution in [0.25, 0.3) is 0 Å². The first-order valence-corrected chi connectivity index (χ1v) is 6.79. The predicted molar refractivity (Wildman–Crippen MR) is 72.0 cm³/mol. The highest BCUT2D eigenvalue weighted by atomic mass is 16.5. The summed E-state index contributed by atoms with van der Waals surface area (Å²) in [6.07, 6.45) is 3.71. The minimum atomic E-state index is 0.645. The molecule has 0 atom stereocenters. The molecule has 106 valence electrons. The molecule has 1 fully saturated rings.